The van der Waals surface area contributed by atoms with Gasteiger partial charge in [0.2, 0.25) is 5.60 Å². The van der Waals surface area contributed by atoms with Crippen molar-refractivity contribution in [2.45, 2.75) is 24.8 Å². The minimum absolute atomic E-state index is 0.0219. The molecule has 158 valence electrons. The zero-order chi connectivity index (χ0) is 21.4. The number of hydrogen-bond acceptors (Lipinski definition) is 6. The van der Waals surface area contributed by atoms with Crippen LogP contribution in [-0.4, -0.2) is 55.8 Å². The van der Waals surface area contributed by atoms with E-state index in [1.54, 1.807) is 18.2 Å². The Morgan fingerprint density at radius 2 is 1.83 bits per heavy atom. The topological polar surface area (TPSA) is 102 Å². The summed E-state index contributed by atoms with van der Waals surface area (Å²) in [6.45, 7) is 1.24. The van der Waals surface area contributed by atoms with Gasteiger partial charge in [-0.3, -0.25) is 4.55 Å². The van der Waals surface area contributed by atoms with Gasteiger partial charge in [0.05, 0.1) is 12.2 Å². The van der Waals surface area contributed by atoms with Crippen molar-refractivity contribution in [3.05, 3.63) is 42.0 Å². The van der Waals surface area contributed by atoms with Crippen LogP contribution in [0.1, 0.15) is 17.3 Å². The maximum absolute atomic E-state index is 13.4. The van der Waals surface area contributed by atoms with Crippen LogP contribution in [0.2, 0.25) is 0 Å². The van der Waals surface area contributed by atoms with Crippen LogP contribution >= 0.6 is 0 Å². The molecule has 0 spiro atoms. The van der Waals surface area contributed by atoms with Crippen LogP contribution in [0, 0.1) is 0 Å². The van der Waals surface area contributed by atoms with Crippen LogP contribution in [0.3, 0.4) is 0 Å². The summed E-state index contributed by atoms with van der Waals surface area (Å²) in [4.78, 5) is 12.5. The number of ether oxygens (including phenoxy) is 3. The molecular weight excluding hydrogens is 417 g/mol. The van der Waals surface area contributed by atoms with Gasteiger partial charge in [-0.25, -0.2) is 4.79 Å². The van der Waals surface area contributed by atoms with Crippen molar-refractivity contribution < 1.29 is 45.1 Å². The Balaban J connectivity index is 1.94. The lowest BCUT2D eigenvalue weighted by molar-refractivity contribution is -0.243. The van der Waals surface area contributed by atoms with E-state index in [4.69, 9.17) is 14.0 Å². The van der Waals surface area contributed by atoms with E-state index in [-0.39, 0.29) is 23.7 Å². The highest BCUT2D eigenvalue weighted by Gasteiger charge is 2.57. The molecule has 7 nitrogen and oxygen atoms in total. The summed E-state index contributed by atoms with van der Waals surface area (Å²) in [5, 5.41) is 0.731. The van der Waals surface area contributed by atoms with Crippen molar-refractivity contribution in [3.8, 4) is 5.75 Å². The van der Waals surface area contributed by atoms with Gasteiger partial charge in [-0.15, -0.1) is 0 Å². The van der Waals surface area contributed by atoms with E-state index in [2.05, 4.69) is 4.74 Å². The van der Waals surface area contributed by atoms with Crippen LogP contribution in [0.5, 0.6) is 5.75 Å². The van der Waals surface area contributed by atoms with Gasteiger partial charge in [-0.1, -0.05) is 24.3 Å². The van der Waals surface area contributed by atoms with Crippen molar-refractivity contribution >= 4 is 26.9 Å². The third-order valence-corrected chi connectivity index (χ3v) is 5.22. The summed E-state index contributed by atoms with van der Waals surface area (Å²) in [7, 11) is -5.08. The molecule has 1 fully saturated rings. The average molecular weight is 434 g/mol. The summed E-state index contributed by atoms with van der Waals surface area (Å²) < 4.78 is 86.3. The molecule has 2 atom stereocenters. The first-order valence-corrected chi connectivity index (χ1v) is 10.0. The predicted octanol–water partition coefficient (Wildman–Crippen LogP) is 2.98. The molecule has 1 N–H and O–H groups in total. The van der Waals surface area contributed by atoms with Crippen molar-refractivity contribution in [1.29, 1.82) is 0 Å². The highest BCUT2D eigenvalue weighted by molar-refractivity contribution is 7.85. The summed E-state index contributed by atoms with van der Waals surface area (Å²) in [5.41, 5.74) is -3.64. The zero-order valence-corrected chi connectivity index (χ0v) is 15.9. The van der Waals surface area contributed by atoms with E-state index in [0.29, 0.717) is 24.7 Å². The summed E-state index contributed by atoms with van der Waals surface area (Å²) >= 11 is 0. The highest BCUT2D eigenvalue weighted by atomic mass is 32.2. The Kier molecular flexibility index (Phi) is 5.50. The quantitative estimate of drug-likeness (QED) is 0.406. The molecule has 0 aliphatic carbocycles. The van der Waals surface area contributed by atoms with Crippen LogP contribution < -0.4 is 4.74 Å². The van der Waals surface area contributed by atoms with E-state index in [1.165, 1.54) is 18.2 Å². The smallest absolute Gasteiger partial charge is 0.429 e. The van der Waals surface area contributed by atoms with Crippen LogP contribution in [-0.2, 0) is 19.6 Å². The number of fused-ring (bicyclic) bond motifs is 1. The van der Waals surface area contributed by atoms with E-state index in [9.17, 15) is 26.4 Å². The Morgan fingerprint density at radius 3 is 2.41 bits per heavy atom. The number of carbonyl (C=O) groups is 1. The molecule has 0 aromatic heterocycles. The fraction of sp³-hybridized carbons (Fsp3) is 0.389. The molecule has 1 aliphatic heterocycles. The molecule has 29 heavy (non-hydrogen) atoms. The van der Waals surface area contributed by atoms with Crippen LogP contribution in [0.15, 0.2) is 36.4 Å². The lowest BCUT2D eigenvalue weighted by Gasteiger charge is -2.30. The summed E-state index contributed by atoms with van der Waals surface area (Å²) in [6, 6.07) is 9.01. The van der Waals surface area contributed by atoms with Gasteiger partial charge >= 0.3 is 12.1 Å². The van der Waals surface area contributed by atoms with Gasteiger partial charge < -0.3 is 14.2 Å². The predicted molar refractivity (Wildman–Crippen MR) is 95.5 cm³/mol. The first-order valence-electron chi connectivity index (χ1n) is 8.41. The Bertz CT molecular complexity index is 1030. The second-order valence-corrected chi connectivity index (χ2v) is 8.22. The lowest BCUT2D eigenvalue weighted by atomic mass is 10.0. The number of halogens is 3. The van der Waals surface area contributed by atoms with Crippen molar-refractivity contribution in [1.82, 2.24) is 0 Å². The zero-order valence-electron chi connectivity index (χ0n) is 15.1. The SMILES string of the molecule is CC(CS(=O)(=O)O)(OC(=O)c1cccc2c(OCC3CO3)cccc12)C(F)(F)F. The van der Waals surface area contributed by atoms with E-state index < -0.39 is 33.6 Å². The Labute approximate surface area is 164 Å². The molecule has 1 saturated heterocycles. The van der Waals surface area contributed by atoms with E-state index >= 15 is 0 Å². The fourth-order valence-electron chi connectivity index (χ4n) is 2.71. The maximum Gasteiger partial charge on any atom is 0.429 e. The maximum atomic E-state index is 13.4. The Hall–Kier alpha value is -2.37. The number of hydrogen-bond donors (Lipinski definition) is 1. The third kappa shape index (κ3) is 4.98. The molecule has 0 radical (unpaired) electrons. The second kappa shape index (κ2) is 7.47. The van der Waals surface area contributed by atoms with Crippen LogP contribution in [0.4, 0.5) is 13.2 Å². The minimum Gasteiger partial charge on any atom is -0.490 e. The number of benzene rings is 2. The molecule has 0 saturated carbocycles. The first kappa shape index (κ1) is 21.3. The van der Waals surface area contributed by atoms with Gasteiger partial charge in [0.15, 0.2) is 0 Å². The van der Waals surface area contributed by atoms with Crippen molar-refractivity contribution in [3.63, 3.8) is 0 Å². The van der Waals surface area contributed by atoms with E-state index in [0.717, 1.165) is 0 Å². The van der Waals surface area contributed by atoms with Gasteiger partial charge in [0.1, 0.15) is 24.2 Å². The summed E-state index contributed by atoms with van der Waals surface area (Å²) in [6.07, 6.45) is -5.26. The van der Waals surface area contributed by atoms with E-state index in [1.807, 2.05) is 0 Å². The Morgan fingerprint density at radius 1 is 1.21 bits per heavy atom. The van der Waals surface area contributed by atoms with Gasteiger partial charge in [-0.05, 0) is 24.4 Å². The average Bonchev–Trinajstić information content (AvgIpc) is 3.41. The third-order valence-electron chi connectivity index (χ3n) is 4.30. The molecule has 0 bridgehead atoms. The number of rotatable bonds is 7. The normalized spacial score (nSPS) is 18.9. The molecule has 2 unspecified atom stereocenters. The molecule has 1 heterocycles. The van der Waals surface area contributed by atoms with Gasteiger partial charge in [-0.2, -0.15) is 21.6 Å². The molecule has 3 rings (SSSR count). The van der Waals surface area contributed by atoms with Gasteiger partial charge in [0.25, 0.3) is 10.1 Å². The standard InChI is InChI=1S/C18H17F3O7S/c1-17(18(19,20)21,10-29(23,24)25)28-16(22)14-6-2-5-13-12(14)4-3-7-15(13)27-9-11-8-26-11/h2-7,11H,8-10H2,1H3,(H,23,24,25). The van der Waals surface area contributed by atoms with Crippen molar-refractivity contribution in [2.24, 2.45) is 0 Å². The van der Waals surface area contributed by atoms with Gasteiger partial charge in [0, 0.05) is 5.39 Å². The monoisotopic (exact) mass is 434 g/mol. The number of esters is 1. The van der Waals surface area contributed by atoms with Crippen molar-refractivity contribution in [2.75, 3.05) is 19.0 Å². The number of alkyl halides is 3. The molecular formula is C18H17F3O7S. The lowest BCUT2D eigenvalue weighted by Crippen LogP contribution is -2.51. The molecule has 0 amide bonds. The molecule has 11 heteroatoms. The first-order chi connectivity index (χ1) is 13.4. The molecule has 2 aromatic carbocycles. The second-order valence-electron chi connectivity index (χ2n) is 6.77. The minimum atomic E-state index is -5.23. The van der Waals surface area contributed by atoms with Crippen LogP contribution in [0.25, 0.3) is 10.8 Å². The molecule has 1 aliphatic rings. The number of epoxide rings is 1. The number of carbonyl (C=O) groups excluding carboxylic acids is 1. The fourth-order valence-corrected chi connectivity index (χ4v) is 3.63. The summed E-state index contributed by atoms with van der Waals surface area (Å²) in [5.74, 6) is -2.80. The highest BCUT2D eigenvalue weighted by Crippen LogP contribution is 2.36. The molecule has 2 aromatic rings. The largest absolute Gasteiger partial charge is 0.490 e.